The maximum absolute atomic E-state index is 5.99. The van der Waals surface area contributed by atoms with Crippen molar-refractivity contribution in [2.75, 3.05) is 5.32 Å². The number of hydrogen-bond donors (Lipinski definition) is 1. The van der Waals surface area contributed by atoms with Crippen LogP contribution in [0.1, 0.15) is 17.9 Å². The van der Waals surface area contributed by atoms with Gasteiger partial charge in [-0.1, -0.05) is 53.3 Å². The first kappa shape index (κ1) is 12.2. The summed E-state index contributed by atoms with van der Waals surface area (Å²) in [7, 11) is 0. The van der Waals surface area contributed by atoms with Gasteiger partial charge in [-0.15, -0.1) is 0 Å². The molecule has 4 heteroatoms. The van der Waals surface area contributed by atoms with Crippen LogP contribution in [0.5, 0.6) is 0 Å². The van der Waals surface area contributed by atoms with E-state index in [2.05, 4.69) is 40.6 Å². The Hall–Kier alpha value is -1.58. The molecule has 2 unspecified atom stereocenters. The van der Waals surface area contributed by atoms with Crippen molar-refractivity contribution in [3.63, 3.8) is 0 Å². The molecule has 1 aliphatic rings. The molecule has 1 fully saturated rings. The highest BCUT2D eigenvalue weighted by Crippen LogP contribution is 2.43. The predicted octanol–water partition coefficient (Wildman–Crippen LogP) is 4.92. The van der Waals surface area contributed by atoms with Gasteiger partial charge >= 0.3 is 0 Å². The molecular weight excluding hydrogens is 288 g/mol. The number of anilines is 1. The van der Waals surface area contributed by atoms with Gasteiger partial charge in [-0.05, 0) is 30.2 Å². The van der Waals surface area contributed by atoms with Crippen molar-refractivity contribution >= 4 is 38.3 Å². The van der Waals surface area contributed by atoms with Crippen LogP contribution in [0.4, 0.5) is 5.13 Å². The van der Waals surface area contributed by atoms with Crippen LogP contribution >= 0.6 is 22.9 Å². The quantitative estimate of drug-likeness (QED) is 0.743. The van der Waals surface area contributed by atoms with Crippen LogP contribution in [-0.2, 0) is 0 Å². The second-order valence-electron chi connectivity index (χ2n) is 5.13. The van der Waals surface area contributed by atoms with Crippen LogP contribution in [0.3, 0.4) is 0 Å². The second kappa shape index (κ2) is 4.76. The van der Waals surface area contributed by atoms with E-state index in [1.54, 1.807) is 11.3 Å². The first-order valence-electron chi connectivity index (χ1n) is 6.67. The molecule has 100 valence electrons. The number of rotatable bonds is 3. The van der Waals surface area contributed by atoms with Gasteiger partial charge in [-0.3, -0.25) is 0 Å². The third-order valence-corrected chi connectivity index (χ3v) is 4.88. The number of nitrogens with one attached hydrogen (secondary N) is 1. The van der Waals surface area contributed by atoms with Gasteiger partial charge in [-0.25, -0.2) is 4.98 Å². The Balaban J connectivity index is 1.52. The van der Waals surface area contributed by atoms with Crippen molar-refractivity contribution in [1.82, 2.24) is 4.98 Å². The number of hydrogen-bond acceptors (Lipinski definition) is 3. The smallest absolute Gasteiger partial charge is 0.184 e. The van der Waals surface area contributed by atoms with E-state index < -0.39 is 0 Å². The number of nitrogens with zero attached hydrogens (tertiary/aromatic N) is 1. The molecule has 0 saturated heterocycles. The summed E-state index contributed by atoms with van der Waals surface area (Å²) in [5.74, 6) is 0.617. The fraction of sp³-hybridized carbons (Fsp3) is 0.188. The average molecular weight is 301 g/mol. The zero-order valence-electron chi connectivity index (χ0n) is 10.7. The van der Waals surface area contributed by atoms with Crippen molar-refractivity contribution in [1.29, 1.82) is 0 Å². The van der Waals surface area contributed by atoms with Gasteiger partial charge in [0, 0.05) is 17.0 Å². The van der Waals surface area contributed by atoms with Gasteiger partial charge in [0.15, 0.2) is 5.13 Å². The highest BCUT2D eigenvalue weighted by atomic mass is 35.5. The Labute approximate surface area is 126 Å². The van der Waals surface area contributed by atoms with Crippen molar-refractivity contribution < 1.29 is 0 Å². The van der Waals surface area contributed by atoms with E-state index in [-0.39, 0.29) is 0 Å². The van der Waals surface area contributed by atoms with Gasteiger partial charge in [-0.2, -0.15) is 0 Å². The van der Waals surface area contributed by atoms with Crippen LogP contribution in [-0.4, -0.2) is 11.0 Å². The summed E-state index contributed by atoms with van der Waals surface area (Å²) in [5.41, 5.74) is 2.39. The second-order valence-corrected chi connectivity index (χ2v) is 6.60. The van der Waals surface area contributed by atoms with E-state index in [1.807, 2.05) is 18.2 Å². The van der Waals surface area contributed by atoms with Crippen LogP contribution in [0, 0.1) is 0 Å². The summed E-state index contributed by atoms with van der Waals surface area (Å²) in [6, 6.07) is 17.0. The summed E-state index contributed by atoms with van der Waals surface area (Å²) in [6.07, 6.45) is 1.18. The first-order chi connectivity index (χ1) is 9.79. The lowest BCUT2D eigenvalue weighted by molar-refractivity contribution is 1.04. The van der Waals surface area contributed by atoms with E-state index in [0.29, 0.717) is 12.0 Å². The lowest BCUT2D eigenvalue weighted by Gasteiger charge is -2.01. The summed E-state index contributed by atoms with van der Waals surface area (Å²) >= 11 is 7.68. The standard InChI is InChI=1S/C16H13ClN2S/c17-11-6-7-15-14(8-11)19-16(20-15)18-13-9-12(13)10-4-2-1-3-5-10/h1-8,12-13H,9H2,(H,18,19). The van der Waals surface area contributed by atoms with Crippen LogP contribution in [0.25, 0.3) is 10.2 Å². The fourth-order valence-electron chi connectivity index (χ4n) is 2.54. The fourth-order valence-corrected chi connectivity index (χ4v) is 3.62. The maximum atomic E-state index is 5.99. The topological polar surface area (TPSA) is 24.9 Å². The third-order valence-electron chi connectivity index (χ3n) is 3.68. The van der Waals surface area contributed by atoms with E-state index in [1.165, 1.54) is 16.7 Å². The summed E-state index contributed by atoms with van der Waals surface area (Å²) in [4.78, 5) is 4.60. The number of benzene rings is 2. The molecule has 20 heavy (non-hydrogen) atoms. The molecule has 2 aromatic carbocycles. The molecule has 1 aromatic heterocycles. The highest BCUT2D eigenvalue weighted by molar-refractivity contribution is 7.22. The largest absolute Gasteiger partial charge is 0.358 e. The van der Waals surface area contributed by atoms with Gasteiger partial charge < -0.3 is 5.32 Å². The molecule has 1 aliphatic carbocycles. The minimum atomic E-state index is 0.508. The molecule has 0 aliphatic heterocycles. The summed E-state index contributed by atoms with van der Waals surface area (Å²) in [6.45, 7) is 0. The molecule has 0 bridgehead atoms. The van der Waals surface area contributed by atoms with Gasteiger partial charge in [0.1, 0.15) is 0 Å². The highest BCUT2D eigenvalue weighted by Gasteiger charge is 2.38. The molecule has 1 saturated carbocycles. The van der Waals surface area contributed by atoms with Crippen LogP contribution in [0.2, 0.25) is 5.02 Å². The minimum absolute atomic E-state index is 0.508. The Kier molecular flexibility index (Phi) is 2.90. The van der Waals surface area contributed by atoms with E-state index in [4.69, 9.17) is 11.6 Å². The molecule has 0 spiro atoms. The van der Waals surface area contributed by atoms with Gasteiger partial charge in [0.2, 0.25) is 0 Å². The Bertz CT molecular complexity index is 754. The maximum Gasteiger partial charge on any atom is 0.184 e. The summed E-state index contributed by atoms with van der Waals surface area (Å²) in [5, 5.41) is 5.27. The van der Waals surface area contributed by atoms with Crippen LogP contribution < -0.4 is 5.32 Å². The van der Waals surface area contributed by atoms with Crippen molar-refractivity contribution in [3.05, 3.63) is 59.1 Å². The molecule has 4 rings (SSSR count). The number of thiazole rings is 1. The Morgan fingerprint density at radius 3 is 2.85 bits per heavy atom. The molecule has 2 atom stereocenters. The van der Waals surface area contributed by atoms with E-state index >= 15 is 0 Å². The molecule has 3 aromatic rings. The monoisotopic (exact) mass is 300 g/mol. The Morgan fingerprint density at radius 1 is 1.15 bits per heavy atom. The average Bonchev–Trinajstić information content (AvgIpc) is 3.10. The number of halogens is 1. The van der Waals surface area contributed by atoms with Crippen molar-refractivity contribution in [2.24, 2.45) is 0 Å². The van der Waals surface area contributed by atoms with Gasteiger partial charge in [0.05, 0.1) is 10.2 Å². The molecule has 2 nitrogen and oxygen atoms in total. The zero-order valence-corrected chi connectivity index (χ0v) is 12.3. The zero-order chi connectivity index (χ0) is 13.5. The predicted molar refractivity (Wildman–Crippen MR) is 85.8 cm³/mol. The molecule has 1 heterocycles. The molecule has 0 amide bonds. The van der Waals surface area contributed by atoms with Crippen molar-refractivity contribution in [2.45, 2.75) is 18.4 Å². The SMILES string of the molecule is Clc1ccc2sc(NC3CC3c3ccccc3)nc2c1. The van der Waals surface area contributed by atoms with E-state index in [9.17, 15) is 0 Å². The molecule has 0 radical (unpaired) electrons. The third kappa shape index (κ3) is 2.28. The lowest BCUT2D eigenvalue weighted by Crippen LogP contribution is -2.03. The van der Waals surface area contributed by atoms with E-state index in [0.717, 1.165) is 15.7 Å². The van der Waals surface area contributed by atoms with Gasteiger partial charge in [0.25, 0.3) is 0 Å². The molecule has 1 N–H and O–H groups in total. The normalized spacial score (nSPS) is 21.1. The minimum Gasteiger partial charge on any atom is -0.358 e. The summed E-state index contributed by atoms with van der Waals surface area (Å²) < 4.78 is 1.17. The van der Waals surface area contributed by atoms with Crippen molar-refractivity contribution in [3.8, 4) is 0 Å². The number of fused-ring (bicyclic) bond motifs is 1. The lowest BCUT2D eigenvalue weighted by atomic mass is 10.1. The Morgan fingerprint density at radius 2 is 2.00 bits per heavy atom. The molecular formula is C16H13ClN2S. The van der Waals surface area contributed by atoms with Crippen LogP contribution in [0.15, 0.2) is 48.5 Å². The first-order valence-corrected chi connectivity index (χ1v) is 7.86. The number of aromatic nitrogens is 1.